The monoisotopic (exact) mass is 279 g/mol. The maximum atomic E-state index is 12.4. The summed E-state index contributed by atoms with van der Waals surface area (Å²) in [5, 5.41) is 4.33. The van der Waals surface area contributed by atoms with Crippen LogP contribution >= 0.6 is 0 Å². The Kier molecular flexibility index (Phi) is 4.32. The van der Waals surface area contributed by atoms with Crippen LogP contribution in [0.2, 0.25) is 0 Å². The van der Waals surface area contributed by atoms with Crippen molar-refractivity contribution >= 4 is 11.6 Å². The molecule has 2 heterocycles. The lowest BCUT2D eigenvalue weighted by atomic mass is 10.0. The number of hydrogen-bond donors (Lipinski definition) is 1. The van der Waals surface area contributed by atoms with E-state index in [-0.39, 0.29) is 12.5 Å². The minimum atomic E-state index is 0.102. The number of nitrogen functional groups attached to an aromatic ring is 1. The van der Waals surface area contributed by atoms with Gasteiger partial charge in [0.1, 0.15) is 6.54 Å². The summed E-state index contributed by atoms with van der Waals surface area (Å²) in [6.45, 7) is 6.14. The first-order chi connectivity index (χ1) is 9.40. The number of hydrogen-bond acceptors (Lipinski definition) is 4. The van der Waals surface area contributed by atoms with Crippen molar-refractivity contribution in [3.8, 4) is 0 Å². The van der Waals surface area contributed by atoms with E-state index >= 15 is 0 Å². The fourth-order valence-electron chi connectivity index (χ4n) is 2.69. The molecule has 0 saturated carbocycles. The largest absolute Gasteiger partial charge is 0.396 e. The van der Waals surface area contributed by atoms with Crippen LogP contribution in [0.5, 0.6) is 0 Å². The van der Waals surface area contributed by atoms with E-state index in [0.717, 1.165) is 37.3 Å². The third-order valence-corrected chi connectivity index (χ3v) is 4.35. The van der Waals surface area contributed by atoms with Crippen LogP contribution in [0.1, 0.15) is 24.2 Å². The number of piperidine rings is 1. The van der Waals surface area contributed by atoms with Gasteiger partial charge in [-0.1, -0.05) is 0 Å². The predicted octanol–water partition coefficient (Wildman–Crippen LogP) is 0.635. The lowest BCUT2D eigenvalue weighted by molar-refractivity contribution is -0.133. The highest BCUT2D eigenvalue weighted by atomic mass is 16.2. The number of rotatable bonds is 3. The Morgan fingerprint density at radius 1 is 1.40 bits per heavy atom. The van der Waals surface area contributed by atoms with Gasteiger partial charge in [-0.25, -0.2) is 0 Å². The van der Waals surface area contributed by atoms with Gasteiger partial charge >= 0.3 is 0 Å². The molecule has 6 nitrogen and oxygen atoms in total. The lowest BCUT2D eigenvalue weighted by Crippen LogP contribution is -2.45. The molecule has 1 aromatic heterocycles. The molecular formula is C14H25N5O. The van der Waals surface area contributed by atoms with Crippen LogP contribution in [0, 0.1) is 13.8 Å². The molecule has 2 rings (SSSR count). The van der Waals surface area contributed by atoms with Crippen LogP contribution in [0.4, 0.5) is 5.69 Å². The number of anilines is 1. The second-order valence-electron chi connectivity index (χ2n) is 5.78. The molecule has 1 saturated heterocycles. The minimum Gasteiger partial charge on any atom is -0.396 e. The van der Waals surface area contributed by atoms with Gasteiger partial charge in [-0.3, -0.25) is 9.48 Å². The first-order valence-corrected chi connectivity index (χ1v) is 7.13. The highest BCUT2D eigenvalue weighted by Gasteiger charge is 2.24. The molecule has 1 aliphatic heterocycles. The van der Waals surface area contributed by atoms with Gasteiger partial charge in [0.05, 0.1) is 17.1 Å². The number of carbonyl (C=O) groups is 1. The summed E-state index contributed by atoms with van der Waals surface area (Å²) in [6.07, 6.45) is 2.08. The van der Waals surface area contributed by atoms with Crippen molar-refractivity contribution in [1.82, 2.24) is 19.6 Å². The number of nitrogens with two attached hydrogens (primary N) is 1. The molecule has 0 bridgehead atoms. The van der Waals surface area contributed by atoms with Gasteiger partial charge in [0, 0.05) is 13.1 Å². The first kappa shape index (κ1) is 14.8. The topological polar surface area (TPSA) is 67.4 Å². The summed E-state index contributed by atoms with van der Waals surface area (Å²) in [4.78, 5) is 16.6. The lowest BCUT2D eigenvalue weighted by Gasteiger charge is -2.35. The number of carbonyl (C=O) groups excluding carboxylic acids is 1. The van der Waals surface area contributed by atoms with Crippen molar-refractivity contribution in [1.29, 1.82) is 0 Å². The number of likely N-dealkylation sites (N-methyl/N-ethyl adjacent to an activating group) is 1. The van der Waals surface area contributed by atoms with E-state index in [9.17, 15) is 4.79 Å². The van der Waals surface area contributed by atoms with Gasteiger partial charge in [0.25, 0.3) is 0 Å². The van der Waals surface area contributed by atoms with Gasteiger partial charge in [0.2, 0.25) is 5.91 Å². The van der Waals surface area contributed by atoms with E-state index in [1.807, 2.05) is 25.8 Å². The van der Waals surface area contributed by atoms with Crippen LogP contribution in [0.15, 0.2) is 0 Å². The van der Waals surface area contributed by atoms with Crippen molar-refractivity contribution in [2.75, 3.05) is 32.9 Å². The highest BCUT2D eigenvalue weighted by Crippen LogP contribution is 2.17. The molecule has 0 aromatic carbocycles. The molecule has 0 aliphatic carbocycles. The number of nitrogens with zero attached hydrogens (tertiary/aromatic N) is 4. The quantitative estimate of drug-likeness (QED) is 0.881. The molecule has 0 spiro atoms. The third-order valence-electron chi connectivity index (χ3n) is 4.35. The number of aryl methyl sites for hydroxylation is 1. The van der Waals surface area contributed by atoms with Crippen molar-refractivity contribution in [2.45, 2.75) is 39.3 Å². The van der Waals surface area contributed by atoms with E-state index in [0.29, 0.717) is 11.7 Å². The second kappa shape index (κ2) is 5.83. The summed E-state index contributed by atoms with van der Waals surface area (Å²) in [6, 6.07) is 0.341. The van der Waals surface area contributed by atoms with Gasteiger partial charge in [-0.05, 0) is 46.8 Å². The summed E-state index contributed by atoms with van der Waals surface area (Å²) < 4.78 is 1.71. The fraction of sp³-hybridized carbons (Fsp3) is 0.714. The van der Waals surface area contributed by atoms with Gasteiger partial charge in [-0.2, -0.15) is 5.10 Å². The van der Waals surface area contributed by atoms with E-state index in [1.54, 1.807) is 4.68 Å². The zero-order chi connectivity index (χ0) is 14.9. The van der Waals surface area contributed by atoms with Crippen molar-refractivity contribution in [3.63, 3.8) is 0 Å². The standard InChI is InChI=1S/C14H25N5O/c1-10-14(15)11(2)19(16-10)9-13(20)18(4)12-5-7-17(3)8-6-12/h12H,5-9,15H2,1-4H3. The van der Waals surface area contributed by atoms with Crippen molar-refractivity contribution in [3.05, 3.63) is 11.4 Å². The highest BCUT2D eigenvalue weighted by molar-refractivity contribution is 5.76. The number of likely N-dealkylation sites (tertiary alicyclic amines) is 1. The zero-order valence-corrected chi connectivity index (χ0v) is 12.9. The molecular weight excluding hydrogens is 254 g/mol. The van der Waals surface area contributed by atoms with Crippen molar-refractivity contribution < 1.29 is 4.79 Å². The first-order valence-electron chi connectivity index (χ1n) is 7.13. The molecule has 1 amide bonds. The Bertz CT molecular complexity index is 488. The Morgan fingerprint density at radius 2 is 2.00 bits per heavy atom. The third kappa shape index (κ3) is 2.95. The van der Waals surface area contributed by atoms with Crippen molar-refractivity contribution in [2.24, 2.45) is 0 Å². The Morgan fingerprint density at radius 3 is 2.50 bits per heavy atom. The van der Waals surface area contributed by atoms with E-state index in [1.165, 1.54) is 0 Å². The molecule has 6 heteroatoms. The van der Waals surface area contributed by atoms with Crippen LogP contribution < -0.4 is 5.73 Å². The smallest absolute Gasteiger partial charge is 0.244 e. The summed E-state index contributed by atoms with van der Waals surface area (Å²) in [5.41, 5.74) is 8.24. The Labute approximate surface area is 120 Å². The van der Waals surface area contributed by atoms with E-state index in [2.05, 4.69) is 17.0 Å². The molecule has 0 atom stereocenters. The molecule has 1 fully saturated rings. The number of aromatic nitrogens is 2. The summed E-state index contributed by atoms with van der Waals surface area (Å²) in [7, 11) is 4.02. The molecule has 0 radical (unpaired) electrons. The Hall–Kier alpha value is -1.56. The predicted molar refractivity (Wildman–Crippen MR) is 79.4 cm³/mol. The zero-order valence-electron chi connectivity index (χ0n) is 12.9. The molecule has 1 aromatic rings. The van der Waals surface area contributed by atoms with Crippen LogP contribution in [0.3, 0.4) is 0 Å². The summed E-state index contributed by atoms with van der Waals surface area (Å²) >= 11 is 0. The van der Waals surface area contributed by atoms with Gasteiger partial charge < -0.3 is 15.5 Å². The van der Waals surface area contributed by atoms with Crippen LogP contribution in [-0.2, 0) is 11.3 Å². The maximum absolute atomic E-state index is 12.4. The van der Waals surface area contributed by atoms with Gasteiger partial charge in [-0.15, -0.1) is 0 Å². The Balaban J connectivity index is 1.99. The molecule has 1 aliphatic rings. The average molecular weight is 279 g/mol. The fourth-order valence-corrected chi connectivity index (χ4v) is 2.69. The van der Waals surface area contributed by atoms with E-state index in [4.69, 9.17) is 5.73 Å². The van der Waals surface area contributed by atoms with E-state index < -0.39 is 0 Å². The average Bonchev–Trinajstić information content (AvgIpc) is 2.66. The summed E-state index contributed by atoms with van der Waals surface area (Å²) in [5.74, 6) is 0.102. The second-order valence-corrected chi connectivity index (χ2v) is 5.78. The molecule has 20 heavy (non-hydrogen) atoms. The molecule has 112 valence electrons. The molecule has 0 unspecified atom stereocenters. The maximum Gasteiger partial charge on any atom is 0.244 e. The SMILES string of the molecule is Cc1nn(CC(=O)N(C)C2CCN(C)CC2)c(C)c1N. The number of amides is 1. The normalized spacial score (nSPS) is 17.4. The van der Waals surface area contributed by atoms with Crippen LogP contribution in [-0.4, -0.2) is 58.7 Å². The van der Waals surface area contributed by atoms with Crippen LogP contribution in [0.25, 0.3) is 0 Å². The molecule has 2 N–H and O–H groups in total. The minimum absolute atomic E-state index is 0.102. The van der Waals surface area contributed by atoms with Gasteiger partial charge in [0.15, 0.2) is 0 Å².